The summed E-state index contributed by atoms with van der Waals surface area (Å²) in [5.41, 5.74) is 0. The normalized spacial score (nSPS) is 11.7. The Bertz CT molecular complexity index is 327. The van der Waals surface area contributed by atoms with E-state index >= 15 is 0 Å². The van der Waals surface area contributed by atoms with Gasteiger partial charge >= 0.3 is 18.0 Å². The van der Waals surface area contributed by atoms with E-state index in [0.29, 0.717) is 0 Å². The van der Waals surface area contributed by atoms with E-state index in [1.54, 1.807) is 13.8 Å². The molecule has 0 saturated carbocycles. The highest BCUT2D eigenvalue weighted by Gasteiger charge is 2.07. The molecule has 102 valence electrons. The summed E-state index contributed by atoms with van der Waals surface area (Å²) in [6.45, 7) is 3.60. The molecular formula is C11H18N2O5. The Labute approximate surface area is 106 Å². The Morgan fingerprint density at radius 2 is 1.72 bits per heavy atom. The van der Waals surface area contributed by atoms with E-state index in [2.05, 4.69) is 15.4 Å². The maximum absolute atomic E-state index is 11.2. The molecule has 7 heteroatoms. The molecule has 0 rings (SSSR count). The van der Waals surface area contributed by atoms with E-state index in [4.69, 9.17) is 4.74 Å². The summed E-state index contributed by atoms with van der Waals surface area (Å²) in [4.78, 5) is 33.0. The van der Waals surface area contributed by atoms with Crippen molar-refractivity contribution < 1.29 is 23.9 Å². The quantitative estimate of drug-likeness (QED) is 0.515. The van der Waals surface area contributed by atoms with Crippen LogP contribution in [-0.2, 0) is 19.1 Å². The van der Waals surface area contributed by atoms with E-state index in [9.17, 15) is 14.4 Å². The summed E-state index contributed by atoms with van der Waals surface area (Å²) in [7, 11) is 1.48. The lowest BCUT2D eigenvalue weighted by Gasteiger charge is -2.12. The first-order valence-corrected chi connectivity index (χ1v) is 5.49. The zero-order valence-corrected chi connectivity index (χ0v) is 10.7. The molecule has 0 heterocycles. The number of esters is 2. The van der Waals surface area contributed by atoms with Gasteiger partial charge in [0.25, 0.3) is 0 Å². The van der Waals surface area contributed by atoms with E-state index in [1.165, 1.54) is 7.05 Å². The van der Waals surface area contributed by atoms with Gasteiger partial charge in [0.1, 0.15) is 6.61 Å². The first kappa shape index (κ1) is 16.0. The van der Waals surface area contributed by atoms with Crippen molar-refractivity contribution in [3.8, 4) is 0 Å². The molecule has 0 unspecified atom stereocenters. The van der Waals surface area contributed by atoms with E-state index in [0.717, 1.165) is 12.2 Å². The molecule has 0 aliphatic rings. The summed E-state index contributed by atoms with van der Waals surface area (Å²) in [5.74, 6) is -1.28. The topological polar surface area (TPSA) is 93.7 Å². The molecule has 0 aromatic carbocycles. The minimum absolute atomic E-state index is 0.0133. The lowest BCUT2D eigenvalue weighted by atomic mass is 10.4. The molecule has 0 spiro atoms. The summed E-state index contributed by atoms with van der Waals surface area (Å²) < 4.78 is 9.39. The van der Waals surface area contributed by atoms with Gasteiger partial charge in [-0.1, -0.05) is 0 Å². The molecule has 0 aliphatic carbocycles. The molecule has 0 saturated heterocycles. The van der Waals surface area contributed by atoms with Crippen LogP contribution in [0.15, 0.2) is 12.2 Å². The third kappa shape index (κ3) is 8.14. The maximum Gasteiger partial charge on any atom is 0.331 e. The number of ether oxygens (including phenoxy) is 2. The SMILES string of the molecule is CCOC(=O)/C=C/C(=O)OC[C@@H](C)NC(=O)NC. The highest BCUT2D eigenvalue weighted by atomic mass is 16.5. The van der Waals surface area contributed by atoms with Crippen LogP contribution in [0, 0.1) is 0 Å². The molecule has 0 radical (unpaired) electrons. The molecule has 0 fully saturated rings. The molecule has 2 amide bonds. The molecule has 2 N–H and O–H groups in total. The maximum atomic E-state index is 11.2. The van der Waals surface area contributed by atoms with Gasteiger partial charge in [0, 0.05) is 19.2 Å². The smallest absolute Gasteiger partial charge is 0.331 e. The van der Waals surface area contributed by atoms with Crippen LogP contribution in [0.2, 0.25) is 0 Å². The van der Waals surface area contributed by atoms with E-state index < -0.39 is 11.9 Å². The Hall–Kier alpha value is -2.05. The number of amides is 2. The lowest BCUT2D eigenvalue weighted by Crippen LogP contribution is -2.41. The predicted octanol–water partition coefficient (Wildman–Crippen LogP) is -0.0336. The summed E-state index contributed by atoms with van der Waals surface area (Å²) in [6, 6.07) is -0.689. The van der Waals surface area contributed by atoms with Gasteiger partial charge < -0.3 is 20.1 Å². The first-order chi connectivity index (χ1) is 8.49. The van der Waals surface area contributed by atoms with Crippen LogP contribution < -0.4 is 10.6 Å². The number of urea groups is 1. The lowest BCUT2D eigenvalue weighted by molar-refractivity contribution is -0.140. The van der Waals surface area contributed by atoms with Gasteiger partial charge in [-0.05, 0) is 13.8 Å². The van der Waals surface area contributed by atoms with Gasteiger partial charge in [-0.15, -0.1) is 0 Å². The summed E-state index contributed by atoms with van der Waals surface area (Å²) in [6.07, 6.45) is 1.97. The third-order valence-electron chi connectivity index (χ3n) is 1.72. The Balaban J connectivity index is 3.89. The highest BCUT2D eigenvalue weighted by molar-refractivity contribution is 5.91. The minimum Gasteiger partial charge on any atom is -0.463 e. The molecule has 0 aromatic heterocycles. The first-order valence-electron chi connectivity index (χ1n) is 5.49. The number of rotatable bonds is 6. The van der Waals surface area contributed by atoms with Crippen LogP contribution in [0.1, 0.15) is 13.8 Å². The van der Waals surface area contributed by atoms with E-state index in [-0.39, 0.29) is 25.3 Å². The van der Waals surface area contributed by atoms with Crippen LogP contribution in [0.5, 0.6) is 0 Å². The fraction of sp³-hybridized carbons (Fsp3) is 0.545. The van der Waals surface area contributed by atoms with Crippen molar-refractivity contribution in [2.45, 2.75) is 19.9 Å². The van der Waals surface area contributed by atoms with Crippen molar-refractivity contribution in [1.29, 1.82) is 0 Å². The fourth-order valence-electron chi connectivity index (χ4n) is 0.919. The molecule has 0 aromatic rings. The van der Waals surface area contributed by atoms with Crippen LogP contribution in [0.4, 0.5) is 4.79 Å². The molecular weight excluding hydrogens is 240 g/mol. The number of carbonyl (C=O) groups excluding carboxylic acids is 3. The van der Waals surface area contributed by atoms with Crippen molar-refractivity contribution in [2.24, 2.45) is 0 Å². The Kier molecular flexibility index (Phi) is 8.00. The Morgan fingerprint density at radius 1 is 1.17 bits per heavy atom. The molecule has 7 nitrogen and oxygen atoms in total. The van der Waals surface area contributed by atoms with Crippen molar-refractivity contribution in [1.82, 2.24) is 10.6 Å². The third-order valence-corrected chi connectivity index (χ3v) is 1.72. The minimum atomic E-state index is -0.673. The average molecular weight is 258 g/mol. The Morgan fingerprint density at radius 3 is 2.22 bits per heavy atom. The second-order valence-electron chi connectivity index (χ2n) is 3.34. The largest absolute Gasteiger partial charge is 0.463 e. The number of nitrogens with one attached hydrogen (secondary N) is 2. The molecule has 18 heavy (non-hydrogen) atoms. The van der Waals surface area contributed by atoms with Crippen LogP contribution in [-0.4, -0.2) is 44.3 Å². The van der Waals surface area contributed by atoms with Crippen molar-refractivity contribution >= 4 is 18.0 Å². The molecule has 0 bridgehead atoms. The van der Waals surface area contributed by atoms with E-state index in [1.807, 2.05) is 0 Å². The van der Waals surface area contributed by atoms with Gasteiger partial charge in [-0.2, -0.15) is 0 Å². The fourth-order valence-corrected chi connectivity index (χ4v) is 0.919. The van der Waals surface area contributed by atoms with Gasteiger partial charge in [0.15, 0.2) is 0 Å². The molecule has 0 aliphatic heterocycles. The van der Waals surface area contributed by atoms with Gasteiger partial charge in [-0.3, -0.25) is 0 Å². The summed E-state index contributed by atoms with van der Waals surface area (Å²) >= 11 is 0. The number of hydrogen-bond donors (Lipinski definition) is 2. The average Bonchev–Trinajstić information content (AvgIpc) is 2.34. The van der Waals surface area contributed by atoms with Crippen LogP contribution >= 0.6 is 0 Å². The zero-order valence-electron chi connectivity index (χ0n) is 10.7. The predicted molar refractivity (Wildman–Crippen MR) is 63.8 cm³/mol. The second kappa shape index (κ2) is 9.03. The van der Waals surface area contributed by atoms with Crippen LogP contribution in [0.3, 0.4) is 0 Å². The molecule has 1 atom stereocenters. The number of carbonyl (C=O) groups is 3. The summed E-state index contributed by atoms with van der Waals surface area (Å²) in [5, 5.41) is 4.90. The number of hydrogen-bond acceptors (Lipinski definition) is 5. The van der Waals surface area contributed by atoms with Crippen molar-refractivity contribution in [3.05, 3.63) is 12.2 Å². The van der Waals surface area contributed by atoms with Gasteiger partial charge in [0.2, 0.25) is 0 Å². The van der Waals surface area contributed by atoms with Gasteiger partial charge in [0.05, 0.1) is 12.6 Å². The highest BCUT2D eigenvalue weighted by Crippen LogP contribution is 1.89. The monoisotopic (exact) mass is 258 g/mol. The van der Waals surface area contributed by atoms with Gasteiger partial charge in [-0.25, -0.2) is 14.4 Å². The second-order valence-corrected chi connectivity index (χ2v) is 3.34. The van der Waals surface area contributed by atoms with Crippen molar-refractivity contribution in [2.75, 3.05) is 20.3 Å². The van der Waals surface area contributed by atoms with Crippen LogP contribution in [0.25, 0.3) is 0 Å². The standard InChI is InChI=1S/C11H18N2O5/c1-4-17-9(14)5-6-10(15)18-7-8(2)13-11(16)12-3/h5-6,8H,4,7H2,1-3H3,(H2,12,13,16)/b6-5+/t8-/m1/s1. The zero-order chi connectivity index (χ0) is 14.0. The van der Waals surface area contributed by atoms with Crippen molar-refractivity contribution in [3.63, 3.8) is 0 Å².